The van der Waals surface area contributed by atoms with Gasteiger partial charge in [-0.2, -0.15) is 5.10 Å². The number of carbonyl (C=O) groups is 1. The van der Waals surface area contributed by atoms with Crippen molar-refractivity contribution < 1.29 is 4.79 Å². The standard InChI is InChI=1S/C11H19N3O/c1-7-4-8(2)10(9(3)5-7)6-13-14-11(12)15/h4,6,8-10H,5H2,1-3H3,(H3,12,14,15)/b13-6-/t8-,9-,10-/m0/s1. The van der Waals surface area contributed by atoms with Crippen LogP contribution in [0.25, 0.3) is 0 Å². The third kappa shape index (κ3) is 3.38. The molecule has 3 atom stereocenters. The molecule has 2 amide bonds. The van der Waals surface area contributed by atoms with Gasteiger partial charge in [0.25, 0.3) is 0 Å². The van der Waals surface area contributed by atoms with E-state index in [-0.39, 0.29) is 0 Å². The minimum Gasteiger partial charge on any atom is -0.350 e. The zero-order chi connectivity index (χ0) is 11.4. The van der Waals surface area contributed by atoms with Crippen LogP contribution in [0, 0.1) is 17.8 Å². The van der Waals surface area contributed by atoms with E-state index in [2.05, 4.69) is 37.4 Å². The maximum absolute atomic E-state index is 10.4. The van der Waals surface area contributed by atoms with Gasteiger partial charge in [-0.1, -0.05) is 25.5 Å². The van der Waals surface area contributed by atoms with Crippen molar-refractivity contribution >= 4 is 12.2 Å². The van der Waals surface area contributed by atoms with Crippen LogP contribution in [0.15, 0.2) is 16.8 Å². The summed E-state index contributed by atoms with van der Waals surface area (Å²) in [6.45, 7) is 6.52. The van der Waals surface area contributed by atoms with Gasteiger partial charge in [-0.25, -0.2) is 10.2 Å². The molecule has 0 aromatic rings. The van der Waals surface area contributed by atoms with Gasteiger partial charge < -0.3 is 5.73 Å². The van der Waals surface area contributed by atoms with Crippen molar-refractivity contribution in [2.45, 2.75) is 27.2 Å². The van der Waals surface area contributed by atoms with Gasteiger partial charge in [0.2, 0.25) is 0 Å². The van der Waals surface area contributed by atoms with E-state index >= 15 is 0 Å². The zero-order valence-electron chi connectivity index (χ0n) is 9.53. The third-order valence-corrected chi connectivity index (χ3v) is 2.88. The van der Waals surface area contributed by atoms with Gasteiger partial charge in [0.05, 0.1) is 0 Å². The highest BCUT2D eigenvalue weighted by Gasteiger charge is 2.25. The number of rotatable bonds is 2. The molecule has 0 radical (unpaired) electrons. The molecular formula is C11H19N3O. The maximum Gasteiger partial charge on any atom is 0.332 e. The summed E-state index contributed by atoms with van der Waals surface area (Å²) in [5.74, 6) is 1.40. The second-order valence-electron chi connectivity index (χ2n) is 4.39. The molecule has 1 aliphatic carbocycles. The minimum atomic E-state index is -0.617. The number of hydrogen-bond acceptors (Lipinski definition) is 2. The molecular weight excluding hydrogens is 190 g/mol. The molecule has 4 heteroatoms. The number of hydrazone groups is 1. The van der Waals surface area contributed by atoms with Crippen LogP contribution in [-0.2, 0) is 0 Å². The SMILES string of the molecule is CC1=C[C@H](C)[C@H](/C=N\NC(N)=O)[C@@H](C)C1. The molecule has 15 heavy (non-hydrogen) atoms. The lowest BCUT2D eigenvalue weighted by Gasteiger charge is -2.29. The van der Waals surface area contributed by atoms with E-state index in [1.165, 1.54) is 5.57 Å². The molecule has 1 aliphatic rings. The molecule has 0 aromatic carbocycles. The average Bonchev–Trinajstić information content (AvgIpc) is 2.08. The van der Waals surface area contributed by atoms with Crippen molar-refractivity contribution in [1.82, 2.24) is 5.43 Å². The van der Waals surface area contributed by atoms with Crippen LogP contribution in [0.3, 0.4) is 0 Å². The van der Waals surface area contributed by atoms with Gasteiger partial charge in [-0.3, -0.25) is 0 Å². The van der Waals surface area contributed by atoms with Gasteiger partial charge >= 0.3 is 6.03 Å². The molecule has 0 bridgehead atoms. The summed E-state index contributed by atoms with van der Waals surface area (Å²) >= 11 is 0. The van der Waals surface area contributed by atoms with Crippen LogP contribution in [0.4, 0.5) is 4.79 Å². The monoisotopic (exact) mass is 209 g/mol. The highest BCUT2D eigenvalue weighted by Crippen LogP contribution is 2.31. The number of amides is 2. The molecule has 0 fully saturated rings. The topological polar surface area (TPSA) is 67.5 Å². The van der Waals surface area contributed by atoms with Gasteiger partial charge in [-0.05, 0) is 25.2 Å². The second-order valence-corrected chi connectivity index (χ2v) is 4.39. The number of nitrogens with one attached hydrogen (secondary N) is 1. The Morgan fingerprint density at radius 1 is 1.67 bits per heavy atom. The zero-order valence-corrected chi connectivity index (χ0v) is 9.53. The Kier molecular flexibility index (Phi) is 3.88. The fraction of sp³-hybridized carbons (Fsp3) is 0.636. The molecule has 0 unspecified atom stereocenters. The summed E-state index contributed by atoms with van der Waals surface area (Å²) in [5, 5.41) is 3.84. The molecule has 3 N–H and O–H groups in total. The first-order valence-corrected chi connectivity index (χ1v) is 5.26. The number of allylic oxidation sites excluding steroid dienone is 2. The predicted octanol–water partition coefficient (Wildman–Crippen LogP) is 1.88. The summed E-state index contributed by atoms with van der Waals surface area (Å²) < 4.78 is 0. The number of urea groups is 1. The van der Waals surface area contributed by atoms with Crippen LogP contribution in [-0.4, -0.2) is 12.2 Å². The lowest BCUT2D eigenvalue weighted by atomic mass is 9.76. The summed E-state index contributed by atoms with van der Waals surface area (Å²) in [6.07, 6.45) is 5.15. The Hall–Kier alpha value is -1.32. The van der Waals surface area contributed by atoms with Crippen LogP contribution in [0.5, 0.6) is 0 Å². The van der Waals surface area contributed by atoms with Crippen molar-refractivity contribution in [3.05, 3.63) is 11.6 Å². The predicted molar refractivity (Wildman–Crippen MR) is 61.4 cm³/mol. The van der Waals surface area contributed by atoms with E-state index in [9.17, 15) is 4.79 Å². The second kappa shape index (κ2) is 4.96. The molecule has 0 aliphatic heterocycles. The van der Waals surface area contributed by atoms with Crippen molar-refractivity contribution in [3.8, 4) is 0 Å². The highest BCUT2D eigenvalue weighted by atomic mass is 16.2. The largest absolute Gasteiger partial charge is 0.350 e. The first-order chi connectivity index (χ1) is 7.00. The van der Waals surface area contributed by atoms with Crippen molar-refractivity contribution in [1.29, 1.82) is 0 Å². The summed E-state index contributed by atoms with van der Waals surface area (Å²) in [6, 6.07) is -0.617. The molecule has 0 aromatic heterocycles. The maximum atomic E-state index is 10.4. The molecule has 0 spiro atoms. The van der Waals surface area contributed by atoms with Crippen LogP contribution in [0.2, 0.25) is 0 Å². The number of nitrogens with two attached hydrogens (primary N) is 1. The van der Waals surface area contributed by atoms with E-state index in [0.29, 0.717) is 17.8 Å². The molecule has 84 valence electrons. The van der Waals surface area contributed by atoms with Crippen molar-refractivity contribution in [3.63, 3.8) is 0 Å². The van der Waals surface area contributed by atoms with Crippen molar-refractivity contribution in [2.75, 3.05) is 0 Å². The van der Waals surface area contributed by atoms with E-state index < -0.39 is 6.03 Å². The molecule has 0 heterocycles. The first kappa shape index (κ1) is 11.8. The number of nitrogens with zero attached hydrogens (tertiary/aromatic N) is 1. The van der Waals surface area contributed by atoms with E-state index in [4.69, 9.17) is 5.73 Å². The fourth-order valence-electron chi connectivity index (χ4n) is 2.26. The van der Waals surface area contributed by atoms with Crippen LogP contribution < -0.4 is 11.2 Å². The number of carbonyl (C=O) groups excluding carboxylic acids is 1. The lowest BCUT2D eigenvalue weighted by Crippen LogP contribution is -2.28. The van der Waals surface area contributed by atoms with E-state index in [1.54, 1.807) is 6.21 Å². The lowest BCUT2D eigenvalue weighted by molar-refractivity contribution is 0.249. The van der Waals surface area contributed by atoms with Gasteiger partial charge in [0.15, 0.2) is 0 Å². The smallest absolute Gasteiger partial charge is 0.332 e. The summed E-state index contributed by atoms with van der Waals surface area (Å²) in [4.78, 5) is 10.4. The quantitative estimate of drug-likeness (QED) is 0.407. The Morgan fingerprint density at radius 2 is 2.33 bits per heavy atom. The average molecular weight is 209 g/mol. The Morgan fingerprint density at radius 3 is 2.87 bits per heavy atom. The van der Waals surface area contributed by atoms with Gasteiger partial charge in [-0.15, -0.1) is 0 Å². The molecule has 0 saturated carbocycles. The first-order valence-electron chi connectivity index (χ1n) is 5.26. The van der Waals surface area contributed by atoms with Crippen LogP contribution >= 0.6 is 0 Å². The fourth-order valence-corrected chi connectivity index (χ4v) is 2.26. The summed E-state index contributed by atoms with van der Waals surface area (Å²) in [5.41, 5.74) is 8.59. The minimum absolute atomic E-state index is 0.376. The number of primary amides is 1. The Labute approximate surface area is 90.6 Å². The molecule has 1 rings (SSSR count). The molecule has 4 nitrogen and oxygen atoms in total. The van der Waals surface area contributed by atoms with Gasteiger partial charge in [0.1, 0.15) is 0 Å². The van der Waals surface area contributed by atoms with Crippen LogP contribution in [0.1, 0.15) is 27.2 Å². The van der Waals surface area contributed by atoms with E-state index in [0.717, 1.165) is 6.42 Å². The molecule has 0 saturated heterocycles. The van der Waals surface area contributed by atoms with E-state index in [1.807, 2.05) is 0 Å². The Balaban J connectivity index is 2.61. The Bertz CT molecular complexity index is 296. The summed E-state index contributed by atoms with van der Waals surface area (Å²) in [7, 11) is 0. The van der Waals surface area contributed by atoms with Crippen molar-refractivity contribution in [2.24, 2.45) is 28.6 Å². The number of hydrogen-bond donors (Lipinski definition) is 2. The normalized spacial score (nSPS) is 31.4. The van der Waals surface area contributed by atoms with Gasteiger partial charge in [0, 0.05) is 12.1 Å². The highest BCUT2D eigenvalue weighted by molar-refractivity contribution is 5.73. The third-order valence-electron chi connectivity index (χ3n) is 2.88.